The van der Waals surface area contributed by atoms with Gasteiger partial charge in [-0.3, -0.25) is 9.89 Å². The lowest BCUT2D eigenvalue weighted by atomic mass is 10.0. The maximum Gasteiger partial charge on any atom is 0.358 e. The summed E-state index contributed by atoms with van der Waals surface area (Å²) in [5.74, 6) is -0.951. The molecule has 0 saturated carbocycles. The van der Waals surface area contributed by atoms with Gasteiger partial charge < -0.3 is 10.5 Å². The first kappa shape index (κ1) is 16.4. The van der Waals surface area contributed by atoms with Crippen molar-refractivity contribution in [2.45, 2.75) is 6.92 Å². The summed E-state index contributed by atoms with van der Waals surface area (Å²) in [6.07, 6.45) is 0. The average Bonchev–Trinajstić information content (AvgIpc) is 3.12. The normalized spacial score (nSPS) is 10.4. The fourth-order valence-electron chi connectivity index (χ4n) is 2.42. The molecule has 1 amide bonds. The number of amides is 1. The molecule has 0 aliphatic rings. The molecular formula is C18H16N4O3. The predicted molar refractivity (Wildman–Crippen MR) is 91.7 cm³/mol. The van der Waals surface area contributed by atoms with Gasteiger partial charge in [-0.2, -0.15) is 0 Å². The number of primary amides is 1. The summed E-state index contributed by atoms with van der Waals surface area (Å²) >= 11 is 0. The van der Waals surface area contributed by atoms with Crippen LogP contribution in [0.25, 0.3) is 22.4 Å². The molecule has 1 aromatic heterocycles. The maximum atomic E-state index is 11.9. The minimum atomic E-state index is -0.492. The second-order valence-electron chi connectivity index (χ2n) is 5.27. The highest BCUT2D eigenvalue weighted by molar-refractivity contribution is 5.94. The van der Waals surface area contributed by atoms with Gasteiger partial charge in [-0.1, -0.05) is 41.6 Å². The summed E-state index contributed by atoms with van der Waals surface area (Å²) in [4.78, 5) is 23.0. The molecular weight excluding hydrogens is 320 g/mol. The largest absolute Gasteiger partial charge is 0.461 e. The second-order valence-corrected chi connectivity index (χ2v) is 5.27. The molecule has 0 saturated heterocycles. The number of nitrogens with zero attached hydrogens (tertiary/aromatic N) is 2. The first-order chi connectivity index (χ1) is 12.1. The smallest absolute Gasteiger partial charge is 0.358 e. The number of benzene rings is 2. The van der Waals surface area contributed by atoms with Gasteiger partial charge in [0.05, 0.1) is 6.61 Å². The summed E-state index contributed by atoms with van der Waals surface area (Å²) in [5, 5.41) is 10.2. The Kier molecular flexibility index (Phi) is 4.56. The van der Waals surface area contributed by atoms with Gasteiger partial charge in [0.1, 0.15) is 5.69 Å². The van der Waals surface area contributed by atoms with E-state index in [0.717, 1.165) is 16.7 Å². The van der Waals surface area contributed by atoms with Crippen LogP contribution < -0.4 is 5.73 Å². The van der Waals surface area contributed by atoms with Crippen LogP contribution in [0.3, 0.4) is 0 Å². The summed E-state index contributed by atoms with van der Waals surface area (Å²) in [6, 6.07) is 14.5. The van der Waals surface area contributed by atoms with Crippen molar-refractivity contribution in [1.82, 2.24) is 15.4 Å². The summed E-state index contributed by atoms with van der Waals surface area (Å²) in [5.41, 5.74) is 9.02. The number of hydrogen-bond donors (Lipinski definition) is 2. The summed E-state index contributed by atoms with van der Waals surface area (Å²) < 4.78 is 4.98. The van der Waals surface area contributed by atoms with E-state index >= 15 is 0 Å². The first-order valence-electron chi connectivity index (χ1n) is 7.69. The minimum absolute atomic E-state index is 0.223. The third-order valence-electron chi connectivity index (χ3n) is 3.69. The van der Waals surface area contributed by atoms with E-state index in [0.29, 0.717) is 11.3 Å². The standard InChI is InChI=1S/C18H16N4O3/c1-2-25-18(24)16-15(20-22-21-16)13-7-3-11(4-8-13)12-5-9-14(10-6-12)17(19)23/h3-10H,2H2,1H3,(H2,19,23)(H,20,21,22). The minimum Gasteiger partial charge on any atom is -0.461 e. The Balaban J connectivity index is 1.87. The molecule has 7 nitrogen and oxygen atoms in total. The van der Waals surface area contributed by atoms with Gasteiger partial charge in [-0.05, 0) is 30.2 Å². The fraction of sp³-hybridized carbons (Fsp3) is 0.111. The fourth-order valence-corrected chi connectivity index (χ4v) is 2.42. The van der Waals surface area contributed by atoms with Crippen LogP contribution in [0.1, 0.15) is 27.8 Å². The van der Waals surface area contributed by atoms with Crippen molar-refractivity contribution >= 4 is 11.9 Å². The molecule has 126 valence electrons. The lowest BCUT2D eigenvalue weighted by Crippen LogP contribution is -2.10. The second kappa shape index (κ2) is 6.96. The number of aromatic nitrogens is 3. The molecule has 3 N–H and O–H groups in total. The molecule has 25 heavy (non-hydrogen) atoms. The number of nitrogens with one attached hydrogen (secondary N) is 1. The molecule has 0 spiro atoms. The number of H-pyrrole nitrogens is 1. The Morgan fingerprint density at radius 1 is 1.00 bits per heavy atom. The van der Waals surface area contributed by atoms with Gasteiger partial charge in [0.2, 0.25) is 5.91 Å². The van der Waals surface area contributed by atoms with Crippen LogP contribution in [0.15, 0.2) is 48.5 Å². The molecule has 2 aromatic carbocycles. The van der Waals surface area contributed by atoms with Gasteiger partial charge in [-0.25, -0.2) is 4.79 Å². The first-order valence-corrected chi connectivity index (χ1v) is 7.69. The number of carbonyl (C=O) groups is 2. The molecule has 0 aliphatic heterocycles. The van der Waals surface area contributed by atoms with Crippen LogP contribution in [0, 0.1) is 0 Å². The topological polar surface area (TPSA) is 111 Å². The van der Waals surface area contributed by atoms with Crippen LogP contribution in [-0.2, 0) is 4.74 Å². The molecule has 0 radical (unpaired) electrons. The van der Waals surface area contributed by atoms with Gasteiger partial charge in [0.15, 0.2) is 5.69 Å². The van der Waals surface area contributed by atoms with E-state index in [9.17, 15) is 9.59 Å². The quantitative estimate of drug-likeness (QED) is 0.695. The van der Waals surface area contributed by atoms with E-state index in [1.807, 2.05) is 36.4 Å². The highest BCUT2D eigenvalue weighted by atomic mass is 16.5. The molecule has 3 aromatic rings. The number of carbonyl (C=O) groups excluding carboxylic acids is 2. The maximum absolute atomic E-state index is 11.9. The van der Waals surface area contributed by atoms with Crippen molar-refractivity contribution in [3.8, 4) is 22.4 Å². The molecule has 0 bridgehead atoms. The highest BCUT2D eigenvalue weighted by Gasteiger charge is 2.18. The molecule has 0 fully saturated rings. The Hall–Kier alpha value is -3.48. The van der Waals surface area contributed by atoms with E-state index < -0.39 is 11.9 Å². The number of aromatic amines is 1. The van der Waals surface area contributed by atoms with Crippen molar-refractivity contribution in [3.63, 3.8) is 0 Å². The van der Waals surface area contributed by atoms with Crippen molar-refractivity contribution < 1.29 is 14.3 Å². The number of esters is 1. The summed E-state index contributed by atoms with van der Waals surface area (Å²) in [7, 11) is 0. The van der Waals surface area contributed by atoms with Gasteiger partial charge in [-0.15, -0.1) is 5.10 Å². The van der Waals surface area contributed by atoms with Crippen LogP contribution in [0.2, 0.25) is 0 Å². The predicted octanol–water partition coefficient (Wildman–Crippen LogP) is 2.41. The zero-order chi connectivity index (χ0) is 17.8. The van der Waals surface area contributed by atoms with Crippen molar-refractivity contribution in [1.29, 1.82) is 0 Å². The van der Waals surface area contributed by atoms with Crippen LogP contribution in [-0.4, -0.2) is 33.9 Å². The lowest BCUT2D eigenvalue weighted by Gasteiger charge is -2.05. The Morgan fingerprint density at radius 3 is 2.12 bits per heavy atom. The summed E-state index contributed by atoms with van der Waals surface area (Å²) in [6.45, 7) is 2.01. The van der Waals surface area contributed by atoms with E-state index in [1.165, 1.54) is 0 Å². The Bertz CT molecular complexity index is 899. The van der Waals surface area contributed by atoms with E-state index in [-0.39, 0.29) is 12.3 Å². The van der Waals surface area contributed by atoms with Gasteiger partial charge >= 0.3 is 5.97 Å². The highest BCUT2D eigenvalue weighted by Crippen LogP contribution is 2.25. The molecule has 1 heterocycles. The van der Waals surface area contributed by atoms with E-state index in [4.69, 9.17) is 10.5 Å². The molecule has 3 rings (SSSR count). The number of nitrogens with two attached hydrogens (primary N) is 1. The SMILES string of the molecule is CCOC(=O)c1[nH]nnc1-c1ccc(-c2ccc(C(N)=O)cc2)cc1. The van der Waals surface area contributed by atoms with E-state index in [2.05, 4.69) is 15.4 Å². The molecule has 0 aliphatic carbocycles. The lowest BCUT2D eigenvalue weighted by molar-refractivity contribution is 0.0520. The Labute approximate surface area is 143 Å². The van der Waals surface area contributed by atoms with Crippen LogP contribution in [0.4, 0.5) is 0 Å². The monoisotopic (exact) mass is 336 g/mol. The van der Waals surface area contributed by atoms with Crippen LogP contribution >= 0.6 is 0 Å². The van der Waals surface area contributed by atoms with E-state index in [1.54, 1.807) is 19.1 Å². The number of ether oxygens (including phenoxy) is 1. The van der Waals surface area contributed by atoms with Crippen molar-refractivity contribution in [2.24, 2.45) is 5.73 Å². The average molecular weight is 336 g/mol. The van der Waals surface area contributed by atoms with Crippen molar-refractivity contribution in [2.75, 3.05) is 6.61 Å². The third kappa shape index (κ3) is 3.40. The van der Waals surface area contributed by atoms with Crippen LogP contribution in [0.5, 0.6) is 0 Å². The molecule has 7 heteroatoms. The number of hydrogen-bond acceptors (Lipinski definition) is 5. The van der Waals surface area contributed by atoms with Crippen molar-refractivity contribution in [3.05, 3.63) is 59.8 Å². The zero-order valence-electron chi connectivity index (χ0n) is 13.5. The molecule has 0 atom stereocenters. The zero-order valence-corrected chi connectivity index (χ0v) is 13.5. The van der Waals surface area contributed by atoms with Gasteiger partial charge in [0.25, 0.3) is 0 Å². The van der Waals surface area contributed by atoms with Gasteiger partial charge in [0, 0.05) is 11.1 Å². The molecule has 0 unspecified atom stereocenters. The Morgan fingerprint density at radius 2 is 1.56 bits per heavy atom. The third-order valence-corrected chi connectivity index (χ3v) is 3.69. The number of rotatable bonds is 5.